The molecule has 9 heteroatoms. The van der Waals surface area contributed by atoms with Crippen molar-refractivity contribution in [2.24, 2.45) is 0 Å². The van der Waals surface area contributed by atoms with Crippen LogP contribution in [0.3, 0.4) is 0 Å². The number of para-hydroxylation sites is 1. The van der Waals surface area contributed by atoms with Gasteiger partial charge in [-0.1, -0.05) is 35.6 Å². The highest BCUT2D eigenvalue weighted by Crippen LogP contribution is 2.33. The number of pyridine rings is 2. The minimum absolute atomic E-state index is 0.0609. The molecule has 1 atom stereocenters. The Morgan fingerprint density at radius 3 is 2.65 bits per heavy atom. The van der Waals surface area contributed by atoms with Crippen LogP contribution in [0.5, 0.6) is 5.75 Å². The molecule has 3 aromatic heterocycles. The summed E-state index contributed by atoms with van der Waals surface area (Å²) in [5.74, 6) is 0.130. The number of aliphatic hydroxyl groups excluding tert-OH is 1. The number of amides is 1. The molecule has 1 aromatic carbocycles. The summed E-state index contributed by atoms with van der Waals surface area (Å²) in [7, 11) is 1.60. The molecule has 0 spiro atoms. The van der Waals surface area contributed by atoms with E-state index in [1.54, 1.807) is 19.5 Å². The highest BCUT2D eigenvalue weighted by molar-refractivity contribution is 7.15. The van der Waals surface area contributed by atoms with Crippen LogP contribution >= 0.6 is 11.3 Å². The van der Waals surface area contributed by atoms with E-state index in [9.17, 15) is 9.90 Å². The summed E-state index contributed by atoms with van der Waals surface area (Å²) in [6, 6.07) is 13.3. The number of benzene rings is 1. The summed E-state index contributed by atoms with van der Waals surface area (Å²) in [6.07, 6.45) is 3.80. The van der Waals surface area contributed by atoms with Gasteiger partial charge in [-0.3, -0.25) is 20.1 Å². The van der Waals surface area contributed by atoms with Gasteiger partial charge in [0.15, 0.2) is 0 Å². The first-order chi connectivity index (χ1) is 16.5. The monoisotopic (exact) mass is 475 g/mol. The second-order valence-electron chi connectivity index (χ2n) is 7.87. The SMILES string of the molecule is COc1ccccc1-c1cc(C)ncc1C(=O)Nc1nnc(CC(CO)c2ccc(C)cn2)s1. The first-order valence-electron chi connectivity index (χ1n) is 10.8. The van der Waals surface area contributed by atoms with Crippen molar-refractivity contribution in [2.75, 3.05) is 19.0 Å². The standard InChI is InChI=1S/C25H25N5O3S/c1-15-8-9-21(27-12-15)17(14-31)11-23-29-30-25(34-23)28-24(32)20-13-26-16(2)10-19(20)18-6-4-5-7-22(18)33-3/h4-10,12-13,17,31H,11,14H2,1-3H3,(H,28,30,32). The van der Waals surface area contributed by atoms with E-state index in [0.29, 0.717) is 27.9 Å². The third-order valence-corrected chi connectivity index (χ3v) is 6.22. The molecule has 0 bridgehead atoms. The van der Waals surface area contributed by atoms with E-state index < -0.39 is 0 Å². The Balaban J connectivity index is 1.54. The van der Waals surface area contributed by atoms with Gasteiger partial charge in [-0.05, 0) is 37.6 Å². The number of aryl methyl sites for hydroxylation is 2. The second-order valence-corrected chi connectivity index (χ2v) is 8.93. The van der Waals surface area contributed by atoms with E-state index in [1.807, 2.05) is 56.3 Å². The smallest absolute Gasteiger partial charge is 0.259 e. The van der Waals surface area contributed by atoms with Gasteiger partial charge in [0.1, 0.15) is 10.8 Å². The predicted octanol–water partition coefficient (Wildman–Crippen LogP) is 4.19. The Labute approximate surface area is 201 Å². The maximum absolute atomic E-state index is 13.2. The van der Waals surface area contributed by atoms with Crippen LogP contribution < -0.4 is 10.1 Å². The van der Waals surface area contributed by atoms with E-state index in [-0.39, 0.29) is 18.4 Å². The zero-order valence-electron chi connectivity index (χ0n) is 19.1. The molecule has 174 valence electrons. The van der Waals surface area contributed by atoms with Crippen molar-refractivity contribution < 1.29 is 14.6 Å². The first-order valence-corrected chi connectivity index (χ1v) is 11.6. The molecule has 34 heavy (non-hydrogen) atoms. The number of methoxy groups -OCH3 is 1. The third-order valence-electron chi connectivity index (χ3n) is 5.36. The Kier molecular flexibility index (Phi) is 7.24. The van der Waals surface area contributed by atoms with Gasteiger partial charge in [0, 0.05) is 47.2 Å². The second kappa shape index (κ2) is 10.5. The molecule has 1 unspecified atom stereocenters. The zero-order chi connectivity index (χ0) is 24.1. The summed E-state index contributed by atoms with van der Waals surface area (Å²) in [5.41, 5.74) is 4.56. The van der Waals surface area contributed by atoms with Crippen LogP contribution in [0.2, 0.25) is 0 Å². The normalized spacial score (nSPS) is 11.8. The Morgan fingerprint density at radius 1 is 1.09 bits per heavy atom. The van der Waals surface area contributed by atoms with E-state index >= 15 is 0 Å². The number of aromatic nitrogens is 4. The molecular formula is C25H25N5O3S. The Morgan fingerprint density at radius 2 is 1.91 bits per heavy atom. The highest BCUT2D eigenvalue weighted by atomic mass is 32.1. The molecule has 2 N–H and O–H groups in total. The first kappa shape index (κ1) is 23.5. The molecule has 4 aromatic rings. The van der Waals surface area contributed by atoms with Gasteiger partial charge in [0.2, 0.25) is 5.13 Å². The van der Waals surface area contributed by atoms with E-state index in [1.165, 1.54) is 11.3 Å². The van der Waals surface area contributed by atoms with Gasteiger partial charge in [-0.2, -0.15) is 0 Å². The summed E-state index contributed by atoms with van der Waals surface area (Å²) in [4.78, 5) is 21.9. The Bertz CT molecular complexity index is 1290. The molecule has 0 radical (unpaired) electrons. The largest absolute Gasteiger partial charge is 0.496 e. The van der Waals surface area contributed by atoms with Crippen LogP contribution in [-0.4, -0.2) is 44.9 Å². The van der Waals surface area contributed by atoms with E-state index in [2.05, 4.69) is 25.5 Å². The lowest BCUT2D eigenvalue weighted by molar-refractivity contribution is 0.102. The topological polar surface area (TPSA) is 110 Å². The lowest BCUT2D eigenvalue weighted by Gasteiger charge is -2.13. The van der Waals surface area contributed by atoms with E-state index in [0.717, 1.165) is 28.1 Å². The molecule has 0 aliphatic rings. The summed E-state index contributed by atoms with van der Waals surface area (Å²) in [6.45, 7) is 3.78. The van der Waals surface area contributed by atoms with Gasteiger partial charge >= 0.3 is 0 Å². The fraction of sp³-hybridized carbons (Fsp3) is 0.240. The van der Waals surface area contributed by atoms with Gasteiger partial charge in [0.05, 0.1) is 19.3 Å². The summed E-state index contributed by atoms with van der Waals surface area (Å²) >= 11 is 1.27. The molecule has 8 nitrogen and oxygen atoms in total. The minimum atomic E-state index is -0.338. The molecule has 4 rings (SSSR count). The van der Waals surface area contributed by atoms with Gasteiger partial charge in [0.25, 0.3) is 5.91 Å². The Hall–Kier alpha value is -3.69. The molecule has 0 fully saturated rings. The summed E-state index contributed by atoms with van der Waals surface area (Å²) in [5, 5.41) is 22.1. The number of nitrogens with zero attached hydrogens (tertiary/aromatic N) is 4. The third kappa shape index (κ3) is 5.27. The zero-order valence-corrected chi connectivity index (χ0v) is 20.0. The van der Waals surface area contributed by atoms with Crippen molar-refractivity contribution in [3.63, 3.8) is 0 Å². The van der Waals surface area contributed by atoms with Crippen molar-refractivity contribution in [1.82, 2.24) is 20.2 Å². The van der Waals surface area contributed by atoms with Crippen molar-refractivity contribution >= 4 is 22.4 Å². The molecule has 3 heterocycles. The molecule has 0 aliphatic heterocycles. The number of hydrogen-bond acceptors (Lipinski definition) is 8. The highest BCUT2D eigenvalue weighted by Gasteiger charge is 2.20. The molecule has 1 amide bonds. The van der Waals surface area contributed by atoms with Crippen molar-refractivity contribution in [3.8, 4) is 16.9 Å². The van der Waals surface area contributed by atoms with Crippen molar-refractivity contribution in [3.05, 3.63) is 82.4 Å². The number of carbonyl (C=O) groups excluding carboxylic acids is 1. The number of aliphatic hydroxyl groups is 1. The number of rotatable bonds is 8. The molecular weight excluding hydrogens is 450 g/mol. The van der Waals surface area contributed by atoms with Gasteiger partial charge < -0.3 is 9.84 Å². The van der Waals surface area contributed by atoms with Crippen molar-refractivity contribution in [1.29, 1.82) is 0 Å². The molecule has 0 saturated carbocycles. The lowest BCUT2D eigenvalue weighted by atomic mass is 9.99. The fourth-order valence-electron chi connectivity index (χ4n) is 3.58. The van der Waals surface area contributed by atoms with Crippen molar-refractivity contribution in [2.45, 2.75) is 26.2 Å². The quantitative estimate of drug-likeness (QED) is 0.393. The minimum Gasteiger partial charge on any atom is -0.496 e. The average Bonchev–Trinajstić information content (AvgIpc) is 3.29. The average molecular weight is 476 g/mol. The summed E-state index contributed by atoms with van der Waals surface area (Å²) < 4.78 is 5.49. The van der Waals surface area contributed by atoms with Crippen LogP contribution in [0.25, 0.3) is 11.1 Å². The maximum Gasteiger partial charge on any atom is 0.259 e. The number of nitrogens with one attached hydrogen (secondary N) is 1. The number of anilines is 1. The number of ether oxygens (including phenoxy) is 1. The van der Waals surface area contributed by atoms with Crippen LogP contribution in [0.15, 0.2) is 54.9 Å². The van der Waals surface area contributed by atoms with Crippen LogP contribution in [0.1, 0.15) is 38.2 Å². The van der Waals surface area contributed by atoms with Gasteiger partial charge in [-0.15, -0.1) is 10.2 Å². The van der Waals surface area contributed by atoms with E-state index in [4.69, 9.17) is 4.74 Å². The van der Waals surface area contributed by atoms with Crippen LogP contribution in [-0.2, 0) is 6.42 Å². The van der Waals surface area contributed by atoms with Crippen LogP contribution in [0, 0.1) is 13.8 Å². The predicted molar refractivity (Wildman–Crippen MR) is 131 cm³/mol. The molecule has 0 aliphatic carbocycles. The number of hydrogen-bond donors (Lipinski definition) is 2. The van der Waals surface area contributed by atoms with Crippen LogP contribution in [0.4, 0.5) is 5.13 Å². The lowest BCUT2D eigenvalue weighted by Crippen LogP contribution is -2.14. The maximum atomic E-state index is 13.2. The fourth-order valence-corrected chi connectivity index (χ4v) is 4.39. The molecule has 0 saturated heterocycles. The van der Waals surface area contributed by atoms with Gasteiger partial charge in [-0.25, -0.2) is 0 Å². The number of carbonyl (C=O) groups is 1.